The quantitative estimate of drug-likeness (QED) is 0.595. The molecule has 0 aliphatic rings. The lowest BCUT2D eigenvalue weighted by Gasteiger charge is -2.19. The van der Waals surface area contributed by atoms with E-state index in [1.807, 2.05) is 20.8 Å². The first kappa shape index (κ1) is 13.3. The van der Waals surface area contributed by atoms with E-state index in [4.69, 9.17) is 9.84 Å². The Balaban J connectivity index is 2.77. The number of aliphatic hydroxyl groups is 1. The second kappa shape index (κ2) is 5.51. The van der Waals surface area contributed by atoms with Gasteiger partial charge in [0.15, 0.2) is 0 Å². The van der Waals surface area contributed by atoms with Crippen molar-refractivity contribution in [2.45, 2.75) is 26.4 Å². The van der Waals surface area contributed by atoms with Crippen LogP contribution in [0.3, 0.4) is 0 Å². The summed E-state index contributed by atoms with van der Waals surface area (Å²) in [4.78, 5) is 11.7. The van der Waals surface area contributed by atoms with Crippen molar-refractivity contribution in [1.82, 2.24) is 0 Å². The summed E-state index contributed by atoms with van der Waals surface area (Å²) in [5, 5.41) is 8.55. The lowest BCUT2D eigenvalue weighted by Crippen LogP contribution is -2.23. The molecule has 1 aromatic rings. The molecule has 0 unspecified atom stereocenters. The second-order valence-electron chi connectivity index (χ2n) is 4.54. The molecule has 17 heavy (non-hydrogen) atoms. The molecule has 0 spiro atoms. The van der Waals surface area contributed by atoms with E-state index in [0.717, 1.165) is 5.56 Å². The third kappa shape index (κ3) is 4.71. The Morgan fingerprint density at radius 2 is 1.88 bits per heavy atom. The lowest BCUT2D eigenvalue weighted by molar-refractivity contribution is 0.00695. The van der Waals surface area contributed by atoms with Crippen LogP contribution in [0.4, 0.5) is 0 Å². The molecule has 90 valence electrons. The zero-order valence-corrected chi connectivity index (χ0v) is 10.3. The molecule has 0 aromatic heterocycles. The van der Waals surface area contributed by atoms with Crippen molar-refractivity contribution < 1.29 is 14.6 Å². The van der Waals surface area contributed by atoms with Crippen LogP contribution >= 0.6 is 0 Å². The lowest BCUT2D eigenvalue weighted by atomic mass is 10.1. The minimum atomic E-state index is -0.494. The van der Waals surface area contributed by atoms with Crippen LogP contribution in [0.15, 0.2) is 24.3 Å². The number of esters is 1. The van der Waals surface area contributed by atoms with Crippen molar-refractivity contribution in [3.63, 3.8) is 0 Å². The van der Waals surface area contributed by atoms with Crippen molar-refractivity contribution in [2.75, 3.05) is 6.61 Å². The monoisotopic (exact) mass is 232 g/mol. The predicted octanol–water partition coefficient (Wildman–Crippen LogP) is 1.99. The molecule has 1 N–H and O–H groups in total. The van der Waals surface area contributed by atoms with E-state index in [-0.39, 0.29) is 12.6 Å². The molecule has 1 rings (SSSR count). The van der Waals surface area contributed by atoms with E-state index in [2.05, 4.69) is 11.8 Å². The Hall–Kier alpha value is -1.79. The molecular weight excluding hydrogens is 216 g/mol. The van der Waals surface area contributed by atoms with E-state index in [1.54, 1.807) is 24.3 Å². The standard InChI is InChI=1S/C14H16O3/c1-14(2,3)17-13(16)12-8-6-11(7-9-12)5-4-10-15/h6-9,15H,10H2,1-3H3. The maximum absolute atomic E-state index is 11.7. The summed E-state index contributed by atoms with van der Waals surface area (Å²) in [7, 11) is 0. The minimum absolute atomic E-state index is 0.173. The number of ether oxygens (including phenoxy) is 1. The van der Waals surface area contributed by atoms with Gasteiger partial charge in [0.2, 0.25) is 0 Å². The summed E-state index contributed by atoms with van der Waals surface area (Å²) in [5.41, 5.74) is 0.757. The van der Waals surface area contributed by atoms with E-state index in [9.17, 15) is 4.79 Å². The maximum atomic E-state index is 11.7. The van der Waals surface area contributed by atoms with Gasteiger partial charge in [-0.05, 0) is 45.0 Å². The zero-order valence-electron chi connectivity index (χ0n) is 10.3. The molecule has 0 radical (unpaired) electrons. The summed E-state index contributed by atoms with van der Waals surface area (Å²) < 4.78 is 5.23. The summed E-state index contributed by atoms with van der Waals surface area (Å²) in [6.07, 6.45) is 0. The largest absolute Gasteiger partial charge is 0.456 e. The summed E-state index contributed by atoms with van der Waals surface area (Å²) in [6.45, 7) is 5.30. The predicted molar refractivity (Wildman–Crippen MR) is 65.6 cm³/mol. The molecule has 0 atom stereocenters. The fourth-order valence-electron chi connectivity index (χ4n) is 1.17. The molecule has 0 saturated heterocycles. The Morgan fingerprint density at radius 1 is 1.29 bits per heavy atom. The van der Waals surface area contributed by atoms with E-state index in [1.165, 1.54) is 0 Å². The van der Waals surface area contributed by atoms with Gasteiger partial charge in [-0.3, -0.25) is 0 Å². The SMILES string of the molecule is CC(C)(C)OC(=O)c1ccc(C#CCO)cc1. The van der Waals surface area contributed by atoms with E-state index in [0.29, 0.717) is 5.56 Å². The Bertz CT molecular complexity index is 441. The van der Waals surface area contributed by atoms with Crippen molar-refractivity contribution in [2.24, 2.45) is 0 Å². The average Bonchev–Trinajstić information content (AvgIpc) is 2.24. The first-order valence-electron chi connectivity index (χ1n) is 5.35. The molecule has 0 aliphatic carbocycles. The fraction of sp³-hybridized carbons (Fsp3) is 0.357. The van der Waals surface area contributed by atoms with Gasteiger partial charge in [0, 0.05) is 5.56 Å². The molecule has 0 fully saturated rings. The summed E-state index contributed by atoms with van der Waals surface area (Å²) in [6, 6.07) is 6.77. The minimum Gasteiger partial charge on any atom is -0.456 e. The fourth-order valence-corrected chi connectivity index (χ4v) is 1.17. The van der Waals surface area contributed by atoms with Gasteiger partial charge in [-0.15, -0.1) is 0 Å². The number of benzene rings is 1. The Kier molecular flexibility index (Phi) is 4.30. The molecule has 0 heterocycles. The first-order chi connectivity index (χ1) is 7.92. The highest BCUT2D eigenvalue weighted by atomic mass is 16.6. The molecule has 0 amide bonds. The highest BCUT2D eigenvalue weighted by Gasteiger charge is 2.17. The number of hydrogen-bond donors (Lipinski definition) is 1. The Labute approximate surface area is 101 Å². The second-order valence-corrected chi connectivity index (χ2v) is 4.54. The molecule has 1 aromatic carbocycles. The molecular formula is C14H16O3. The van der Waals surface area contributed by atoms with E-state index >= 15 is 0 Å². The van der Waals surface area contributed by atoms with Crippen molar-refractivity contribution in [1.29, 1.82) is 0 Å². The smallest absolute Gasteiger partial charge is 0.338 e. The van der Waals surface area contributed by atoms with Crippen molar-refractivity contribution >= 4 is 5.97 Å². The highest BCUT2D eigenvalue weighted by Crippen LogP contribution is 2.12. The number of carbonyl (C=O) groups is 1. The van der Waals surface area contributed by atoms with Crippen LogP contribution in [0.25, 0.3) is 0 Å². The Morgan fingerprint density at radius 3 is 2.35 bits per heavy atom. The molecule has 0 aliphatic heterocycles. The normalized spacial score (nSPS) is 10.4. The van der Waals surface area contributed by atoms with Gasteiger partial charge in [0.25, 0.3) is 0 Å². The van der Waals surface area contributed by atoms with Crippen LogP contribution in [0.2, 0.25) is 0 Å². The summed E-state index contributed by atoms with van der Waals surface area (Å²) >= 11 is 0. The number of aliphatic hydroxyl groups excluding tert-OH is 1. The molecule has 3 nitrogen and oxygen atoms in total. The number of rotatable bonds is 1. The number of carbonyl (C=O) groups excluding carboxylic acids is 1. The van der Waals surface area contributed by atoms with Crippen LogP contribution in [-0.2, 0) is 4.74 Å². The third-order valence-corrected chi connectivity index (χ3v) is 1.83. The highest BCUT2D eigenvalue weighted by molar-refractivity contribution is 5.89. The van der Waals surface area contributed by atoms with Crippen molar-refractivity contribution in [3.05, 3.63) is 35.4 Å². The van der Waals surface area contributed by atoms with Crippen LogP contribution in [-0.4, -0.2) is 23.3 Å². The van der Waals surface area contributed by atoms with Gasteiger partial charge < -0.3 is 9.84 Å². The van der Waals surface area contributed by atoms with Gasteiger partial charge in [-0.1, -0.05) is 11.8 Å². The molecule has 3 heteroatoms. The van der Waals surface area contributed by atoms with Gasteiger partial charge in [0.05, 0.1) is 5.56 Å². The van der Waals surface area contributed by atoms with E-state index < -0.39 is 5.60 Å². The van der Waals surface area contributed by atoms with Crippen LogP contribution < -0.4 is 0 Å². The van der Waals surface area contributed by atoms with Crippen LogP contribution in [0.5, 0.6) is 0 Å². The first-order valence-corrected chi connectivity index (χ1v) is 5.35. The van der Waals surface area contributed by atoms with Crippen LogP contribution in [0.1, 0.15) is 36.7 Å². The van der Waals surface area contributed by atoms with Gasteiger partial charge in [0.1, 0.15) is 12.2 Å². The molecule has 0 saturated carbocycles. The molecule has 0 bridgehead atoms. The average molecular weight is 232 g/mol. The van der Waals surface area contributed by atoms with Gasteiger partial charge in [-0.2, -0.15) is 0 Å². The van der Waals surface area contributed by atoms with Gasteiger partial charge in [-0.25, -0.2) is 4.79 Å². The summed E-state index contributed by atoms with van der Waals surface area (Å²) in [5.74, 6) is 4.95. The zero-order chi connectivity index (χ0) is 12.9. The topological polar surface area (TPSA) is 46.5 Å². The third-order valence-electron chi connectivity index (χ3n) is 1.83. The number of hydrogen-bond acceptors (Lipinski definition) is 3. The van der Waals surface area contributed by atoms with Gasteiger partial charge >= 0.3 is 5.97 Å². The van der Waals surface area contributed by atoms with Crippen LogP contribution in [0, 0.1) is 11.8 Å². The maximum Gasteiger partial charge on any atom is 0.338 e. The van der Waals surface area contributed by atoms with Crippen molar-refractivity contribution in [3.8, 4) is 11.8 Å².